The number of alkyl halides is 4. The lowest BCUT2D eigenvalue weighted by Gasteiger charge is -2.17. The Hall–Kier alpha value is -1.92. The second kappa shape index (κ2) is 8.26. The van der Waals surface area contributed by atoms with E-state index in [-0.39, 0.29) is 11.4 Å². The van der Waals surface area contributed by atoms with Crippen LogP contribution >= 0.6 is 27.5 Å². The topological polar surface area (TPSA) is 120 Å². The zero-order valence-electron chi connectivity index (χ0n) is 11.9. The summed E-state index contributed by atoms with van der Waals surface area (Å²) in [5.41, 5.74) is 1.11. The van der Waals surface area contributed by atoms with E-state index in [1.54, 1.807) is 0 Å². The molecule has 1 atom stereocenters. The number of ether oxygens (including phenoxy) is 1. The van der Waals surface area contributed by atoms with E-state index in [2.05, 4.69) is 31.2 Å². The van der Waals surface area contributed by atoms with Crippen molar-refractivity contribution in [3.8, 4) is 0 Å². The van der Waals surface area contributed by atoms with Crippen LogP contribution in [0.2, 0.25) is 0 Å². The van der Waals surface area contributed by atoms with E-state index < -0.39 is 38.2 Å². The molecule has 0 bridgehead atoms. The average molecular weight is 432 g/mol. The Bertz CT molecular complexity index is 674. The molecule has 0 aromatic heterocycles. The number of hydrazone groups is 1. The fourth-order valence-corrected chi connectivity index (χ4v) is 1.53. The minimum absolute atomic E-state index is 0.0344. The molecule has 0 fully saturated rings. The lowest BCUT2D eigenvalue weighted by atomic mass is 10.2. The molecule has 0 aliphatic rings. The SMILES string of the molecule is C/C(COC(F)(F)[C@H](Cl)Br)=N/Nc1ccc([N+](=O)[O-])cc1[N+](=O)[O-]. The Kier molecular flexibility index (Phi) is 6.93. The van der Waals surface area contributed by atoms with Crippen molar-refractivity contribution < 1.29 is 23.4 Å². The van der Waals surface area contributed by atoms with Gasteiger partial charge in [-0.3, -0.25) is 25.7 Å². The molecular weight excluding hydrogens is 421 g/mol. The fraction of sp³-hybridized carbons (Fsp3) is 0.364. The molecule has 0 saturated carbocycles. The van der Waals surface area contributed by atoms with Gasteiger partial charge in [-0.15, -0.1) is 11.6 Å². The van der Waals surface area contributed by atoms with Crippen LogP contribution in [0.1, 0.15) is 6.92 Å². The van der Waals surface area contributed by atoms with Gasteiger partial charge in [0.15, 0.2) is 4.29 Å². The van der Waals surface area contributed by atoms with E-state index in [0.29, 0.717) is 0 Å². The van der Waals surface area contributed by atoms with Gasteiger partial charge in [0.1, 0.15) is 5.69 Å². The highest BCUT2D eigenvalue weighted by atomic mass is 79.9. The minimum Gasteiger partial charge on any atom is -0.312 e. The number of nitro groups is 2. The average Bonchev–Trinajstić information content (AvgIpc) is 2.50. The lowest BCUT2D eigenvalue weighted by molar-refractivity contribution is -0.393. The Morgan fingerprint density at radius 2 is 2.08 bits per heavy atom. The second-order valence-electron chi connectivity index (χ2n) is 4.33. The third-order valence-corrected chi connectivity index (χ3v) is 3.27. The molecule has 0 aliphatic carbocycles. The first-order valence-electron chi connectivity index (χ1n) is 6.06. The van der Waals surface area contributed by atoms with E-state index in [1.807, 2.05) is 0 Å². The molecule has 9 nitrogen and oxygen atoms in total. The van der Waals surface area contributed by atoms with Crippen LogP contribution in [-0.2, 0) is 4.74 Å². The monoisotopic (exact) mass is 430 g/mol. The van der Waals surface area contributed by atoms with E-state index in [9.17, 15) is 29.0 Å². The van der Waals surface area contributed by atoms with Gasteiger partial charge in [-0.1, -0.05) is 15.9 Å². The number of nitrogens with zero attached hydrogens (tertiary/aromatic N) is 3. The summed E-state index contributed by atoms with van der Waals surface area (Å²) in [5, 5.41) is 25.2. The summed E-state index contributed by atoms with van der Waals surface area (Å²) >= 11 is 7.65. The van der Waals surface area contributed by atoms with Gasteiger partial charge in [0.05, 0.1) is 28.2 Å². The lowest BCUT2D eigenvalue weighted by Crippen LogP contribution is -2.30. The quantitative estimate of drug-likeness (QED) is 0.289. The highest BCUT2D eigenvalue weighted by Gasteiger charge is 2.38. The van der Waals surface area contributed by atoms with E-state index >= 15 is 0 Å². The molecule has 0 amide bonds. The number of anilines is 1. The summed E-state index contributed by atoms with van der Waals surface area (Å²) in [6.07, 6.45) is -3.64. The zero-order valence-corrected chi connectivity index (χ0v) is 14.3. The summed E-state index contributed by atoms with van der Waals surface area (Å²) in [6, 6.07) is 2.87. The van der Waals surface area contributed by atoms with Crippen LogP contribution in [0, 0.1) is 20.2 Å². The van der Waals surface area contributed by atoms with Crippen LogP contribution in [0.4, 0.5) is 25.8 Å². The molecule has 13 heteroatoms. The first kappa shape index (κ1) is 20.1. The van der Waals surface area contributed by atoms with Gasteiger partial charge in [-0.2, -0.15) is 13.9 Å². The van der Waals surface area contributed by atoms with Crippen molar-refractivity contribution >= 4 is 50.3 Å². The molecule has 0 radical (unpaired) electrons. The smallest absolute Gasteiger partial charge is 0.312 e. The van der Waals surface area contributed by atoms with Crippen LogP contribution in [0.3, 0.4) is 0 Å². The Balaban J connectivity index is 2.85. The predicted molar refractivity (Wildman–Crippen MR) is 85.9 cm³/mol. The normalized spacial score (nSPS) is 13.5. The standard InChI is InChI=1S/C11H10BrClF2N4O5/c1-6(5-24-11(14,15)10(12)13)16-17-8-3-2-7(18(20)21)4-9(8)19(22)23/h2-4,10,17H,5H2,1H3/b16-6-/t10-/m0/s1. The van der Waals surface area contributed by atoms with Gasteiger partial charge in [0.25, 0.3) is 5.69 Å². The molecule has 0 heterocycles. The van der Waals surface area contributed by atoms with Crippen LogP contribution in [0.25, 0.3) is 0 Å². The molecule has 1 aromatic rings. The summed E-state index contributed by atoms with van der Waals surface area (Å²) in [4.78, 5) is 19.9. The van der Waals surface area contributed by atoms with Gasteiger partial charge < -0.3 is 4.74 Å². The van der Waals surface area contributed by atoms with E-state index in [1.165, 1.54) is 6.92 Å². The van der Waals surface area contributed by atoms with Crippen molar-refractivity contribution in [2.45, 2.75) is 17.3 Å². The third kappa shape index (κ3) is 5.62. The molecule has 1 N–H and O–H groups in total. The summed E-state index contributed by atoms with van der Waals surface area (Å²) in [7, 11) is 0. The summed E-state index contributed by atoms with van der Waals surface area (Å²) in [6.45, 7) is 0.730. The highest BCUT2D eigenvalue weighted by molar-refractivity contribution is 9.10. The molecule has 132 valence electrons. The van der Waals surface area contributed by atoms with Gasteiger partial charge in [0, 0.05) is 6.07 Å². The van der Waals surface area contributed by atoms with Gasteiger partial charge >= 0.3 is 11.8 Å². The largest absolute Gasteiger partial charge is 0.382 e. The van der Waals surface area contributed by atoms with E-state index in [4.69, 9.17) is 11.6 Å². The predicted octanol–water partition coefficient (Wildman–Crippen LogP) is 3.86. The molecule has 1 aromatic carbocycles. The van der Waals surface area contributed by atoms with Crippen LogP contribution in [-0.4, -0.2) is 32.6 Å². The maximum atomic E-state index is 13.1. The van der Waals surface area contributed by atoms with E-state index in [0.717, 1.165) is 18.2 Å². The molecule has 24 heavy (non-hydrogen) atoms. The zero-order chi connectivity index (χ0) is 18.5. The van der Waals surface area contributed by atoms with Crippen molar-refractivity contribution in [3.63, 3.8) is 0 Å². The number of halogens is 4. The van der Waals surface area contributed by atoms with Crippen molar-refractivity contribution in [2.24, 2.45) is 5.10 Å². The van der Waals surface area contributed by atoms with Crippen LogP contribution < -0.4 is 5.43 Å². The Labute approximate surface area is 147 Å². The third-order valence-electron chi connectivity index (χ3n) is 2.48. The molecule has 0 unspecified atom stereocenters. The first-order valence-corrected chi connectivity index (χ1v) is 7.41. The number of hydrogen-bond donors (Lipinski definition) is 1. The molecule has 1 rings (SSSR count). The van der Waals surface area contributed by atoms with Gasteiger partial charge in [-0.25, -0.2) is 0 Å². The fourth-order valence-electron chi connectivity index (χ4n) is 1.33. The van der Waals surface area contributed by atoms with Crippen molar-refractivity contribution in [1.29, 1.82) is 0 Å². The maximum Gasteiger partial charge on any atom is 0.382 e. The molecule has 0 aliphatic heterocycles. The van der Waals surface area contributed by atoms with Crippen molar-refractivity contribution in [3.05, 3.63) is 38.4 Å². The van der Waals surface area contributed by atoms with Gasteiger partial charge in [0.2, 0.25) is 0 Å². The molecule has 0 spiro atoms. The van der Waals surface area contributed by atoms with Gasteiger partial charge in [-0.05, 0) is 13.0 Å². The van der Waals surface area contributed by atoms with Crippen LogP contribution in [0.15, 0.2) is 23.3 Å². The molecule has 0 saturated heterocycles. The number of non-ortho nitro benzene ring substituents is 1. The minimum atomic E-state index is -3.64. The van der Waals surface area contributed by atoms with Crippen molar-refractivity contribution in [1.82, 2.24) is 0 Å². The number of benzene rings is 1. The number of rotatable bonds is 8. The number of hydrogen-bond acceptors (Lipinski definition) is 7. The van der Waals surface area contributed by atoms with Crippen molar-refractivity contribution in [2.75, 3.05) is 12.0 Å². The number of nitro benzene ring substituents is 2. The Morgan fingerprint density at radius 1 is 1.46 bits per heavy atom. The highest BCUT2D eigenvalue weighted by Crippen LogP contribution is 2.30. The first-order chi connectivity index (χ1) is 11.0. The second-order valence-corrected chi connectivity index (χ2v) is 6.21. The summed E-state index contributed by atoms with van der Waals surface area (Å²) < 4.78 is 28.8. The summed E-state index contributed by atoms with van der Waals surface area (Å²) in [5.74, 6) is 0. The molecular formula is C11H10BrClF2N4O5. The Morgan fingerprint density at radius 3 is 2.58 bits per heavy atom. The van der Waals surface area contributed by atoms with Crippen LogP contribution in [0.5, 0.6) is 0 Å². The maximum absolute atomic E-state index is 13.1. The number of nitrogens with one attached hydrogen (secondary N) is 1.